The van der Waals surface area contributed by atoms with Crippen LogP contribution in [-0.4, -0.2) is 39.8 Å². The number of alkyl halides is 2. The Labute approximate surface area is 215 Å². The fraction of sp³-hybridized carbons (Fsp3) is 0.345. The molecule has 1 amide bonds. The second-order valence-electron chi connectivity index (χ2n) is 9.85. The molecule has 2 aliphatic rings. The van der Waals surface area contributed by atoms with Gasteiger partial charge in [0.1, 0.15) is 0 Å². The lowest BCUT2D eigenvalue weighted by atomic mass is 9.93. The molecule has 0 radical (unpaired) electrons. The number of carbonyl (C=O) groups excluding carboxylic acids is 1. The minimum absolute atomic E-state index is 0.0151. The van der Waals surface area contributed by atoms with Gasteiger partial charge in [0.2, 0.25) is 0 Å². The van der Waals surface area contributed by atoms with E-state index in [1.54, 1.807) is 30.7 Å². The van der Waals surface area contributed by atoms with E-state index < -0.39 is 5.92 Å². The van der Waals surface area contributed by atoms with Crippen LogP contribution in [0.1, 0.15) is 55.1 Å². The monoisotopic (exact) mass is 507 g/mol. The highest BCUT2D eigenvalue weighted by Gasteiger charge is 2.31. The number of nitrogens with zero attached hydrogens (tertiary/aromatic N) is 3. The van der Waals surface area contributed by atoms with Gasteiger partial charge in [0.05, 0.1) is 5.69 Å². The van der Waals surface area contributed by atoms with Gasteiger partial charge in [-0.2, -0.15) is 0 Å². The average molecular weight is 508 g/mol. The van der Waals surface area contributed by atoms with E-state index in [2.05, 4.69) is 16.9 Å². The molecule has 0 spiro atoms. The molecule has 0 atom stereocenters. The summed E-state index contributed by atoms with van der Waals surface area (Å²) in [6.07, 6.45) is 8.74. The van der Waals surface area contributed by atoms with Gasteiger partial charge >= 0.3 is 0 Å². The summed E-state index contributed by atoms with van der Waals surface area (Å²) in [6, 6.07) is 11.2. The Morgan fingerprint density at radius 3 is 2.56 bits per heavy atom. The maximum atomic E-state index is 13.5. The lowest BCUT2D eigenvalue weighted by Gasteiger charge is -2.30. The first-order valence-electron chi connectivity index (χ1n) is 12.4. The Kier molecular flexibility index (Phi) is 6.89. The third kappa shape index (κ3) is 5.34. The number of benzene rings is 1. The van der Waals surface area contributed by atoms with Crippen molar-refractivity contribution in [2.24, 2.45) is 5.92 Å². The normalized spacial score (nSPS) is 18.1. The first-order chi connectivity index (χ1) is 17.3. The number of likely N-dealkylation sites (tertiary alicyclic amines) is 1. The van der Waals surface area contributed by atoms with Crippen LogP contribution < -0.4 is 0 Å². The summed E-state index contributed by atoms with van der Waals surface area (Å²) >= 11 is 6.64. The molecule has 36 heavy (non-hydrogen) atoms. The van der Waals surface area contributed by atoms with Crippen molar-refractivity contribution >= 4 is 23.1 Å². The van der Waals surface area contributed by atoms with E-state index in [9.17, 15) is 13.6 Å². The fourth-order valence-corrected chi connectivity index (χ4v) is 5.12. The van der Waals surface area contributed by atoms with Crippen LogP contribution in [0.25, 0.3) is 27.8 Å². The molecule has 1 aliphatic heterocycles. The summed E-state index contributed by atoms with van der Waals surface area (Å²) in [5.74, 6) is -1.97. The molecule has 4 nitrogen and oxygen atoms in total. The number of hydrogen-bond acceptors (Lipinski definition) is 3. The van der Waals surface area contributed by atoms with E-state index in [1.165, 1.54) is 0 Å². The smallest absolute Gasteiger partial charge is 0.253 e. The molecule has 1 aromatic carbocycles. The zero-order chi connectivity index (χ0) is 25.3. The molecule has 1 aliphatic carbocycles. The Morgan fingerprint density at radius 1 is 1.06 bits per heavy atom. The van der Waals surface area contributed by atoms with Gasteiger partial charge in [-0.3, -0.25) is 14.8 Å². The number of allylic oxidation sites excluding steroid dienone is 2. The summed E-state index contributed by atoms with van der Waals surface area (Å²) in [7, 11) is 0. The molecule has 0 N–H and O–H groups in total. The zero-order valence-electron chi connectivity index (χ0n) is 20.2. The zero-order valence-corrected chi connectivity index (χ0v) is 20.9. The van der Waals surface area contributed by atoms with Gasteiger partial charge < -0.3 is 4.90 Å². The largest absolute Gasteiger partial charge is 0.339 e. The van der Waals surface area contributed by atoms with Crippen LogP contribution in [-0.2, 0) is 0 Å². The number of piperidine rings is 1. The van der Waals surface area contributed by atoms with Gasteiger partial charge in [0.25, 0.3) is 11.8 Å². The first kappa shape index (κ1) is 24.6. The maximum absolute atomic E-state index is 13.5. The van der Waals surface area contributed by atoms with Crippen LogP contribution >= 0.6 is 11.6 Å². The van der Waals surface area contributed by atoms with Gasteiger partial charge in [-0.25, -0.2) is 8.78 Å². The second kappa shape index (κ2) is 10.1. The van der Waals surface area contributed by atoms with E-state index in [1.807, 2.05) is 35.2 Å². The minimum atomic E-state index is -2.63. The summed E-state index contributed by atoms with van der Waals surface area (Å²) in [5, 5.41) is 0.494. The topological polar surface area (TPSA) is 46.1 Å². The summed E-state index contributed by atoms with van der Waals surface area (Å²) in [5.41, 5.74) is 5.54. The van der Waals surface area contributed by atoms with Gasteiger partial charge in [-0.15, -0.1) is 0 Å². The Balaban J connectivity index is 1.38. The van der Waals surface area contributed by atoms with E-state index >= 15 is 0 Å². The van der Waals surface area contributed by atoms with Gasteiger partial charge in [0.15, 0.2) is 0 Å². The second-order valence-corrected chi connectivity index (χ2v) is 10.3. The summed E-state index contributed by atoms with van der Waals surface area (Å²) in [6.45, 7) is 3.77. The van der Waals surface area contributed by atoms with Gasteiger partial charge in [0, 0.05) is 71.8 Å². The molecular weight excluding hydrogens is 480 g/mol. The van der Waals surface area contributed by atoms with E-state index in [4.69, 9.17) is 11.6 Å². The number of aromatic nitrogens is 2. The lowest BCUT2D eigenvalue weighted by molar-refractivity contribution is -0.00606. The van der Waals surface area contributed by atoms with E-state index in [0.29, 0.717) is 28.6 Å². The van der Waals surface area contributed by atoms with Crippen molar-refractivity contribution in [3.63, 3.8) is 0 Å². The standard InChI is InChI=1S/C29H28ClF2N3O/c1-19-7-12-35(13-8-19)28(36)22-2-3-25(26(30)15-22)24-14-23(17-33-18-24)21-6-11-34-27(16-21)20-4-9-29(31,32)10-5-20/h2-4,6,11,14-19H,5,7-10,12-13H2,1H3. The minimum Gasteiger partial charge on any atom is -0.339 e. The lowest BCUT2D eigenvalue weighted by Crippen LogP contribution is -2.37. The molecular formula is C29H28ClF2N3O. The third-order valence-electron chi connectivity index (χ3n) is 7.17. The van der Waals surface area contributed by atoms with Gasteiger partial charge in [-0.1, -0.05) is 30.7 Å². The summed E-state index contributed by atoms with van der Waals surface area (Å²) in [4.78, 5) is 23.7. The Bertz CT molecular complexity index is 1320. The highest BCUT2D eigenvalue weighted by atomic mass is 35.5. The van der Waals surface area contributed by atoms with Crippen LogP contribution in [0, 0.1) is 5.92 Å². The van der Waals surface area contributed by atoms with Crippen LogP contribution in [0.3, 0.4) is 0 Å². The molecule has 1 fully saturated rings. The molecule has 3 heterocycles. The number of carbonyl (C=O) groups is 1. The number of halogens is 3. The first-order valence-corrected chi connectivity index (χ1v) is 12.7. The highest BCUT2D eigenvalue weighted by molar-refractivity contribution is 6.33. The molecule has 186 valence electrons. The average Bonchev–Trinajstić information content (AvgIpc) is 2.89. The predicted octanol–water partition coefficient (Wildman–Crippen LogP) is 7.54. The van der Waals surface area contributed by atoms with Crippen molar-refractivity contribution in [3.8, 4) is 22.3 Å². The fourth-order valence-electron chi connectivity index (χ4n) is 4.83. The maximum Gasteiger partial charge on any atom is 0.253 e. The highest BCUT2D eigenvalue weighted by Crippen LogP contribution is 2.37. The van der Waals surface area contributed by atoms with Crippen molar-refractivity contribution in [2.75, 3.05) is 13.1 Å². The van der Waals surface area contributed by atoms with Crippen LogP contribution in [0.5, 0.6) is 0 Å². The van der Waals surface area contributed by atoms with Crippen molar-refractivity contribution in [1.82, 2.24) is 14.9 Å². The van der Waals surface area contributed by atoms with Crippen molar-refractivity contribution in [2.45, 2.75) is 45.0 Å². The number of rotatable bonds is 4. The van der Waals surface area contributed by atoms with E-state index in [0.717, 1.165) is 53.8 Å². The van der Waals surface area contributed by atoms with Crippen molar-refractivity contribution < 1.29 is 13.6 Å². The molecule has 0 bridgehead atoms. The Morgan fingerprint density at radius 2 is 1.83 bits per heavy atom. The van der Waals surface area contributed by atoms with Crippen LogP contribution in [0.2, 0.25) is 5.02 Å². The van der Waals surface area contributed by atoms with Gasteiger partial charge in [-0.05, 0) is 66.6 Å². The Hall–Kier alpha value is -3.12. The number of pyridine rings is 2. The molecule has 0 unspecified atom stereocenters. The molecule has 3 aromatic rings. The third-order valence-corrected chi connectivity index (χ3v) is 7.48. The number of amides is 1. The van der Waals surface area contributed by atoms with E-state index in [-0.39, 0.29) is 18.7 Å². The predicted molar refractivity (Wildman–Crippen MR) is 139 cm³/mol. The quantitative estimate of drug-likeness (QED) is 0.366. The number of hydrogen-bond donors (Lipinski definition) is 0. The molecule has 7 heteroatoms. The summed E-state index contributed by atoms with van der Waals surface area (Å²) < 4.78 is 27.1. The SMILES string of the molecule is CC1CCN(C(=O)c2ccc(-c3cncc(-c4ccnc(C5=CCC(F)(F)CC5)c4)c3)c(Cl)c2)CC1. The molecule has 0 saturated carbocycles. The van der Waals surface area contributed by atoms with Crippen LogP contribution in [0.4, 0.5) is 8.78 Å². The van der Waals surface area contributed by atoms with Crippen molar-refractivity contribution in [3.05, 3.63) is 77.3 Å². The molecule has 2 aromatic heterocycles. The molecule has 5 rings (SSSR count). The molecule has 1 saturated heterocycles. The van der Waals surface area contributed by atoms with Crippen LogP contribution in [0.15, 0.2) is 61.1 Å². The van der Waals surface area contributed by atoms with Crippen molar-refractivity contribution in [1.29, 1.82) is 0 Å².